The van der Waals surface area contributed by atoms with Crippen LogP contribution in [0.5, 0.6) is 5.75 Å². The summed E-state index contributed by atoms with van der Waals surface area (Å²) in [5.74, 6) is 1.33. The summed E-state index contributed by atoms with van der Waals surface area (Å²) in [4.78, 5) is 26.1. The van der Waals surface area contributed by atoms with E-state index in [0.717, 1.165) is 42.9 Å². The minimum Gasteiger partial charge on any atom is -0.489 e. The SMILES string of the molecule is Cc1noc(C)c1COc1ccc(C(=O)OCC(=O)N2CCC(C)CC2)cc1. The van der Waals surface area contributed by atoms with Crippen molar-refractivity contribution in [3.05, 3.63) is 46.8 Å². The van der Waals surface area contributed by atoms with Gasteiger partial charge in [0.2, 0.25) is 0 Å². The molecule has 1 saturated heterocycles. The number of aryl methyl sites for hydroxylation is 2. The fourth-order valence-electron chi connectivity index (χ4n) is 3.11. The van der Waals surface area contributed by atoms with Gasteiger partial charge in [0.05, 0.1) is 16.8 Å². The number of ether oxygens (including phenoxy) is 2. The van der Waals surface area contributed by atoms with E-state index < -0.39 is 5.97 Å². The zero-order chi connectivity index (χ0) is 20.1. The lowest BCUT2D eigenvalue weighted by Gasteiger charge is -2.30. The number of piperidine rings is 1. The Morgan fingerprint density at radius 3 is 2.46 bits per heavy atom. The smallest absolute Gasteiger partial charge is 0.338 e. The maximum Gasteiger partial charge on any atom is 0.338 e. The van der Waals surface area contributed by atoms with Gasteiger partial charge in [0.15, 0.2) is 6.61 Å². The predicted octanol–water partition coefficient (Wildman–Crippen LogP) is 3.29. The molecule has 0 aliphatic carbocycles. The van der Waals surface area contributed by atoms with E-state index in [9.17, 15) is 9.59 Å². The average molecular weight is 386 g/mol. The van der Waals surface area contributed by atoms with Crippen molar-refractivity contribution in [2.75, 3.05) is 19.7 Å². The van der Waals surface area contributed by atoms with Gasteiger partial charge in [-0.3, -0.25) is 4.79 Å². The van der Waals surface area contributed by atoms with Crippen molar-refractivity contribution in [2.45, 2.75) is 40.2 Å². The third kappa shape index (κ3) is 4.91. The molecule has 0 N–H and O–H groups in total. The van der Waals surface area contributed by atoms with E-state index in [1.54, 1.807) is 29.2 Å². The van der Waals surface area contributed by atoms with Crippen molar-refractivity contribution in [2.24, 2.45) is 5.92 Å². The Hall–Kier alpha value is -2.83. The number of amides is 1. The molecule has 150 valence electrons. The van der Waals surface area contributed by atoms with Crippen LogP contribution in [0.15, 0.2) is 28.8 Å². The van der Waals surface area contributed by atoms with Gasteiger partial charge in [-0.1, -0.05) is 12.1 Å². The number of rotatable bonds is 6. The minimum atomic E-state index is -0.518. The lowest BCUT2D eigenvalue weighted by molar-refractivity contribution is -0.135. The number of hydrogen-bond donors (Lipinski definition) is 0. The Kier molecular flexibility index (Phi) is 6.34. The second-order valence-electron chi connectivity index (χ2n) is 7.26. The van der Waals surface area contributed by atoms with Crippen LogP contribution in [0.3, 0.4) is 0 Å². The molecule has 1 aliphatic rings. The number of likely N-dealkylation sites (tertiary alicyclic amines) is 1. The normalized spacial score (nSPS) is 14.8. The molecule has 1 aromatic carbocycles. The minimum absolute atomic E-state index is 0.139. The Balaban J connectivity index is 1.47. The summed E-state index contributed by atoms with van der Waals surface area (Å²) in [6, 6.07) is 6.64. The molecule has 0 radical (unpaired) electrons. The Morgan fingerprint density at radius 2 is 1.86 bits per heavy atom. The third-order valence-corrected chi connectivity index (χ3v) is 5.12. The summed E-state index contributed by atoms with van der Waals surface area (Å²) in [7, 11) is 0. The van der Waals surface area contributed by atoms with Gasteiger partial charge in [-0.15, -0.1) is 0 Å². The molecule has 0 bridgehead atoms. The molecule has 1 amide bonds. The van der Waals surface area contributed by atoms with Crippen LogP contribution in [0.4, 0.5) is 0 Å². The molecule has 1 aliphatic heterocycles. The first-order valence-electron chi connectivity index (χ1n) is 9.53. The number of esters is 1. The van der Waals surface area contributed by atoms with Crippen LogP contribution in [0.25, 0.3) is 0 Å². The van der Waals surface area contributed by atoms with Gasteiger partial charge in [0.25, 0.3) is 5.91 Å². The Labute approximate surface area is 164 Å². The molecule has 7 heteroatoms. The lowest BCUT2D eigenvalue weighted by atomic mass is 9.99. The van der Waals surface area contributed by atoms with Gasteiger partial charge in [-0.2, -0.15) is 0 Å². The highest BCUT2D eigenvalue weighted by atomic mass is 16.5. The third-order valence-electron chi connectivity index (χ3n) is 5.12. The van der Waals surface area contributed by atoms with Crippen LogP contribution in [0.1, 0.15) is 47.1 Å². The van der Waals surface area contributed by atoms with Crippen LogP contribution in [0, 0.1) is 19.8 Å². The van der Waals surface area contributed by atoms with Crippen LogP contribution in [0.2, 0.25) is 0 Å². The van der Waals surface area contributed by atoms with E-state index in [2.05, 4.69) is 12.1 Å². The van der Waals surface area contributed by atoms with Crippen LogP contribution in [-0.2, 0) is 16.1 Å². The first-order chi connectivity index (χ1) is 13.4. The van der Waals surface area contributed by atoms with Crippen molar-refractivity contribution in [3.8, 4) is 5.75 Å². The first kappa shape index (κ1) is 19.9. The summed E-state index contributed by atoms with van der Waals surface area (Å²) >= 11 is 0. The number of aromatic nitrogens is 1. The maximum absolute atomic E-state index is 12.2. The van der Waals surface area contributed by atoms with E-state index in [-0.39, 0.29) is 12.5 Å². The predicted molar refractivity (Wildman–Crippen MR) is 102 cm³/mol. The van der Waals surface area contributed by atoms with Crippen LogP contribution >= 0.6 is 0 Å². The van der Waals surface area contributed by atoms with Gasteiger partial charge in [0.1, 0.15) is 18.1 Å². The second-order valence-corrected chi connectivity index (χ2v) is 7.26. The monoisotopic (exact) mass is 386 g/mol. The number of carbonyl (C=O) groups excluding carboxylic acids is 2. The number of nitrogens with zero attached hydrogens (tertiary/aromatic N) is 2. The molecular formula is C21H26N2O5. The fraction of sp³-hybridized carbons (Fsp3) is 0.476. The second kappa shape index (κ2) is 8.91. The van der Waals surface area contributed by atoms with E-state index in [4.69, 9.17) is 14.0 Å². The molecule has 1 fully saturated rings. The maximum atomic E-state index is 12.2. The molecule has 3 rings (SSSR count). The van der Waals surface area contributed by atoms with E-state index in [1.165, 1.54) is 0 Å². The fourth-order valence-corrected chi connectivity index (χ4v) is 3.11. The first-order valence-corrected chi connectivity index (χ1v) is 9.53. The van der Waals surface area contributed by atoms with Gasteiger partial charge in [-0.25, -0.2) is 4.79 Å². The topological polar surface area (TPSA) is 81.9 Å². The van der Waals surface area contributed by atoms with E-state index >= 15 is 0 Å². The number of carbonyl (C=O) groups is 2. The molecule has 0 unspecified atom stereocenters. The highest BCUT2D eigenvalue weighted by Crippen LogP contribution is 2.19. The summed E-state index contributed by atoms with van der Waals surface area (Å²) in [6.07, 6.45) is 1.99. The summed E-state index contributed by atoms with van der Waals surface area (Å²) in [5.41, 5.74) is 2.09. The van der Waals surface area contributed by atoms with Crippen molar-refractivity contribution in [1.82, 2.24) is 10.1 Å². The number of hydrogen-bond acceptors (Lipinski definition) is 6. The average Bonchev–Trinajstić information content (AvgIpc) is 3.02. The molecule has 1 aromatic heterocycles. The zero-order valence-electron chi connectivity index (χ0n) is 16.6. The summed E-state index contributed by atoms with van der Waals surface area (Å²) in [6.45, 7) is 7.46. The molecular weight excluding hydrogens is 360 g/mol. The zero-order valence-corrected chi connectivity index (χ0v) is 16.6. The molecule has 0 atom stereocenters. The van der Waals surface area contributed by atoms with Crippen LogP contribution in [-0.4, -0.2) is 41.6 Å². The lowest BCUT2D eigenvalue weighted by Crippen LogP contribution is -2.40. The molecule has 7 nitrogen and oxygen atoms in total. The van der Waals surface area contributed by atoms with Gasteiger partial charge in [0, 0.05) is 13.1 Å². The quantitative estimate of drug-likeness (QED) is 0.709. The van der Waals surface area contributed by atoms with E-state index in [0.29, 0.717) is 23.8 Å². The van der Waals surface area contributed by atoms with Gasteiger partial charge < -0.3 is 18.9 Å². The summed E-state index contributed by atoms with van der Waals surface area (Å²) < 4.78 is 16.0. The van der Waals surface area contributed by atoms with E-state index in [1.807, 2.05) is 13.8 Å². The highest BCUT2D eigenvalue weighted by molar-refractivity contribution is 5.91. The molecule has 28 heavy (non-hydrogen) atoms. The van der Waals surface area contributed by atoms with Crippen molar-refractivity contribution in [1.29, 1.82) is 0 Å². The van der Waals surface area contributed by atoms with Crippen molar-refractivity contribution in [3.63, 3.8) is 0 Å². The standard InChI is InChI=1S/C21H26N2O5/c1-14-8-10-23(11-9-14)20(24)13-27-21(25)17-4-6-18(7-5-17)26-12-19-15(2)22-28-16(19)3/h4-7,14H,8-13H2,1-3H3. The largest absolute Gasteiger partial charge is 0.489 e. The van der Waals surface area contributed by atoms with Crippen molar-refractivity contribution >= 4 is 11.9 Å². The molecule has 2 heterocycles. The molecule has 0 spiro atoms. The summed E-state index contributed by atoms with van der Waals surface area (Å²) in [5, 5.41) is 3.89. The highest BCUT2D eigenvalue weighted by Gasteiger charge is 2.21. The van der Waals surface area contributed by atoms with Gasteiger partial charge >= 0.3 is 5.97 Å². The van der Waals surface area contributed by atoms with Gasteiger partial charge in [-0.05, 0) is 56.9 Å². The van der Waals surface area contributed by atoms with Crippen molar-refractivity contribution < 1.29 is 23.6 Å². The molecule has 0 saturated carbocycles. The Morgan fingerprint density at radius 1 is 1.18 bits per heavy atom. The number of benzene rings is 1. The van der Waals surface area contributed by atoms with Crippen LogP contribution < -0.4 is 4.74 Å². The molecule has 2 aromatic rings. The Bertz CT molecular complexity index is 800.